The number of rotatable bonds is 3. The molecule has 23 heavy (non-hydrogen) atoms. The molecule has 0 unspecified atom stereocenters. The number of halogens is 1. The maximum absolute atomic E-state index is 14.0. The quantitative estimate of drug-likeness (QED) is 0.845. The molecule has 4 heteroatoms. The van der Waals surface area contributed by atoms with Crippen LogP contribution in [0.2, 0.25) is 0 Å². The molecule has 0 aliphatic carbocycles. The van der Waals surface area contributed by atoms with Crippen LogP contribution in [-0.2, 0) is 6.54 Å². The molecule has 0 atom stereocenters. The summed E-state index contributed by atoms with van der Waals surface area (Å²) in [6.07, 6.45) is 2.13. The van der Waals surface area contributed by atoms with Crippen LogP contribution < -0.4 is 0 Å². The molecule has 1 fully saturated rings. The summed E-state index contributed by atoms with van der Waals surface area (Å²) in [5.74, 6) is -0.150. The van der Waals surface area contributed by atoms with Gasteiger partial charge >= 0.3 is 0 Å². The molecular formula is C19H23FN2O. The van der Waals surface area contributed by atoms with Gasteiger partial charge in [0.1, 0.15) is 11.5 Å². The number of hydrogen-bond donors (Lipinski definition) is 0. The lowest BCUT2D eigenvalue weighted by atomic mass is 10.1. The minimum absolute atomic E-state index is 0.0764. The normalized spacial score (nSPS) is 14.5. The molecule has 1 amide bonds. The average Bonchev–Trinajstić information content (AvgIpc) is 3.14. The van der Waals surface area contributed by atoms with Crippen molar-refractivity contribution in [3.63, 3.8) is 0 Å². The van der Waals surface area contributed by atoms with E-state index in [1.807, 2.05) is 36.3 Å². The number of benzene rings is 1. The Morgan fingerprint density at radius 2 is 1.74 bits per heavy atom. The minimum Gasteiger partial charge on any atom is -0.337 e. The maximum atomic E-state index is 14.0. The topological polar surface area (TPSA) is 25.2 Å². The number of carbonyl (C=O) groups is 1. The zero-order chi connectivity index (χ0) is 16.6. The predicted octanol–water partition coefficient (Wildman–Crippen LogP) is 3.84. The standard InChI is InChI=1S/C19H23FN2O/c1-13-14(2)18(19(23)21-10-6-7-11-21)22(15(13)3)12-16-8-4-5-9-17(16)20/h4-5,8-9H,6-7,10-12H2,1-3H3. The van der Waals surface area contributed by atoms with Crippen molar-refractivity contribution in [3.05, 3.63) is 58.2 Å². The van der Waals surface area contributed by atoms with Crippen molar-refractivity contribution in [2.75, 3.05) is 13.1 Å². The van der Waals surface area contributed by atoms with Crippen molar-refractivity contribution >= 4 is 5.91 Å². The summed E-state index contributed by atoms with van der Waals surface area (Å²) in [4.78, 5) is 14.9. The highest BCUT2D eigenvalue weighted by Gasteiger charge is 2.27. The van der Waals surface area contributed by atoms with Crippen LogP contribution in [0.4, 0.5) is 4.39 Å². The second-order valence-electron chi connectivity index (χ2n) is 6.36. The fourth-order valence-electron chi connectivity index (χ4n) is 3.36. The second-order valence-corrected chi connectivity index (χ2v) is 6.36. The first-order valence-corrected chi connectivity index (χ1v) is 8.19. The lowest BCUT2D eigenvalue weighted by molar-refractivity contribution is 0.0781. The van der Waals surface area contributed by atoms with E-state index in [1.165, 1.54) is 6.07 Å². The van der Waals surface area contributed by atoms with Crippen molar-refractivity contribution in [1.29, 1.82) is 0 Å². The van der Waals surface area contributed by atoms with Gasteiger partial charge in [-0.2, -0.15) is 0 Å². The number of aromatic nitrogens is 1. The van der Waals surface area contributed by atoms with Crippen LogP contribution >= 0.6 is 0 Å². The number of carbonyl (C=O) groups excluding carboxylic acids is 1. The van der Waals surface area contributed by atoms with Crippen molar-refractivity contribution in [2.24, 2.45) is 0 Å². The first-order valence-electron chi connectivity index (χ1n) is 8.19. The van der Waals surface area contributed by atoms with Crippen molar-refractivity contribution in [3.8, 4) is 0 Å². The Morgan fingerprint density at radius 3 is 2.39 bits per heavy atom. The summed E-state index contributed by atoms with van der Waals surface area (Å²) in [7, 11) is 0. The molecule has 2 aromatic rings. The second kappa shape index (κ2) is 6.19. The van der Waals surface area contributed by atoms with E-state index in [-0.39, 0.29) is 11.7 Å². The van der Waals surface area contributed by atoms with Crippen LogP contribution in [-0.4, -0.2) is 28.5 Å². The smallest absolute Gasteiger partial charge is 0.270 e. The van der Waals surface area contributed by atoms with Crippen molar-refractivity contribution in [2.45, 2.75) is 40.2 Å². The van der Waals surface area contributed by atoms with E-state index in [0.717, 1.165) is 42.8 Å². The van der Waals surface area contributed by atoms with E-state index < -0.39 is 0 Å². The molecule has 1 aromatic heterocycles. The van der Waals surface area contributed by atoms with Crippen LogP contribution in [0.5, 0.6) is 0 Å². The largest absolute Gasteiger partial charge is 0.337 e. The van der Waals surface area contributed by atoms with Gasteiger partial charge in [-0.15, -0.1) is 0 Å². The number of nitrogens with zero attached hydrogens (tertiary/aromatic N) is 2. The first-order chi connectivity index (χ1) is 11.0. The van der Waals surface area contributed by atoms with Gasteiger partial charge in [0.25, 0.3) is 5.91 Å². The molecule has 122 valence electrons. The summed E-state index contributed by atoms with van der Waals surface area (Å²) in [6.45, 7) is 8.06. The Balaban J connectivity index is 2.04. The van der Waals surface area contributed by atoms with Crippen LogP contribution in [0.25, 0.3) is 0 Å². The van der Waals surface area contributed by atoms with Gasteiger partial charge in [-0.05, 0) is 50.8 Å². The third-order valence-corrected chi connectivity index (χ3v) is 5.02. The van der Waals surface area contributed by atoms with Gasteiger partial charge in [0, 0.05) is 24.3 Å². The first kappa shape index (κ1) is 15.8. The van der Waals surface area contributed by atoms with Crippen molar-refractivity contribution < 1.29 is 9.18 Å². The van der Waals surface area contributed by atoms with Gasteiger partial charge in [-0.25, -0.2) is 4.39 Å². The zero-order valence-electron chi connectivity index (χ0n) is 14.0. The Hall–Kier alpha value is -2.10. The minimum atomic E-state index is -0.226. The van der Waals surface area contributed by atoms with Crippen LogP contribution in [0.3, 0.4) is 0 Å². The van der Waals surface area contributed by atoms with Gasteiger partial charge in [0.15, 0.2) is 0 Å². The molecule has 0 N–H and O–H groups in total. The summed E-state index contributed by atoms with van der Waals surface area (Å²) in [5, 5.41) is 0. The Kier molecular flexibility index (Phi) is 4.24. The number of amides is 1. The molecule has 0 bridgehead atoms. The molecule has 3 nitrogen and oxygen atoms in total. The molecule has 0 radical (unpaired) electrons. The van der Waals surface area contributed by atoms with Crippen LogP contribution in [0.1, 0.15) is 45.7 Å². The van der Waals surface area contributed by atoms with E-state index >= 15 is 0 Å². The number of hydrogen-bond acceptors (Lipinski definition) is 1. The van der Waals surface area contributed by atoms with E-state index in [1.54, 1.807) is 12.1 Å². The molecular weight excluding hydrogens is 291 g/mol. The average molecular weight is 314 g/mol. The molecule has 0 saturated carbocycles. The SMILES string of the molecule is Cc1c(C)c(C(=O)N2CCCC2)n(Cc2ccccc2F)c1C. The molecule has 1 aliphatic heterocycles. The van der Waals surface area contributed by atoms with Gasteiger partial charge in [0.05, 0.1) is 6.54 Å². The third kappa shape index (κ3) is 2.78. The monoisotopic (exact) mass is 314 g/mol. The Labute approximate surface area is 136 Å². The highest BCUT2D eigenvalue weighted by atomic mass is 19.1. The van der Waals surface area contributed by atoms with Gasteiger partial charge in [-0.3, -0.25) is 4.79 Å². The van der Waals surface area contributed by atoms with E-state index in [0.29, 0.717) is 17.8 Å². The van der Waals surface area contributed by atoms with E-state index in [2.05, 4.69) is 0 Å². The van der Waals surface area contributed by atoms with Gasteiger partial charge in [-0.1, -0.05) is 18.2 Å². The molecule has 0 spiro atoms. The van der Waals surface area contributed by atoms with E-state index in [9.17, 15) is 9.18 Å². The highest BCUT2D eigenvalue weighted by Crippen LogP contribution is 2.25. The van der Waals surface area contributed by atoms with Crippen LogP contribution in [0.15, 0.2) is 24.3 Å². The van der Waals surface area contributed by atoms with Crippen LogP contribution in [0, 0.1) is 26.6 Å². The molecule has 2 heterocycles. The lowest BCUT2D eigenvalue weighted by Gasteiger charge is -2.19. The summed E-state index contributed by atoms with van der Waals surface area (Å²) in [5.41, 5.74) is 4.49. The molecule has 1 saturated heterocycles. The predicted molar refractivity (Wildman–Crippen MR) is 89.3 cm³/mol. The maximum Gasteiger partial charge on any atom is 0.270 e. The Morgan fingerprint density at radius 1 is 1.09 bits per heavy atom. The Bertz CT molecular complexity index is 742. The fraction of sp³-hybridized carbons (Fsp3) is 0.421. The molecule has 1 aliphatic rings. The summed E-state index contributed by atoms with van der Waals surface area (Å²) < 4.78 is 16.0. The van der Waals surface area contributed by atoms with E-state index in [4.69, 9.17) is 0 Å². The zero-order valence-corrected chi connectivity index (χ0v) is 14.0. The summed E-state index contributed by atoms with van der Waals surface area (Å²) >= 11 is 0. The summed E-state index contributed by atoms with van der Waals surface area (Å²) in [6, 6.07) is 6.77. The number of likely N-dealkylation sites (tertiary alicyclic amines) is 1. The highest BCUT2D eigenvalue weighted by molar-refractivity contribution is 5.95. The van der Waals surface area contributed by atoms with Crippen molar-refractivity contribution in [1.82, 2.24) is 9.47 Å². The van der Waals surface area contributed by atoms with Gasteiger partial charge < -0.3 is 9.47 Å². The lowest BCUT2D eigenvalue weighted by Crippen LogP contribution is -2.30. The third-order valence-electron chi connectivity index (χ3n) is 5.02. The fourth-order valence-corrected chi connectivity index (χ4v) is 3.36. The van der Waals surface area contributed by atoms with Gasteiger partial charge in [0.2, 0.25) is 0 Å². The molecule has 3 rings (SSSR count). The molecule has 1 aromatic carbocycles.